The summed E-state index contributed by atoms with van der Waals surface area (Å²) in [6, 6.07) is 15.1. The van der Waals surface area contributed by atoms with Gasteiger partial charge in [-0.05, 0) is 48.2 Å². The Morgan fingerprint density at radius 1 is 1.13 bits per heavy atom. The van der Waals surface area contributed by atoms with Crippen molar-refractivity contribution in [2.45, 2.75) is 26.2 Å². The standard InChI is InChI=1S/C19H23NO3/c1-4-14(2)17-7-5-6-8-18(17)23-13-19(21)20-15-9-11-16(22-3)12-10-15/h5-12,14H,4,13H2,1-3H3,(H,20,21)/t14-/m0/s1. The van der Waals surface area contributed by atoms with Gasteiger partial charge in [0.2, 0.25) is 0 Å². The lowest BCUT2D eigenvalue weighted by molar-refractivity contribution is -0.118. The van der Waals surface area contributed by atoms with Crippen molar-refractivity contribution in [2.24, 2.45) is 0 Å². The minimum atomic E-state index is -0.186. The highest BCUT2D eigenvalue weighted by atomic mass is 16.5. The quantitative estimate of drug-likeness (QED) is 0.832. The number of ether oxygens (including phenoxy) is 2. The maximum absolute atomic E-state index is 12.0. The van der Waals surface area contributed by atoms with Crippen LogP contribution in [0.1, 0.15) is 31.7 Å². The molecule has 1 amide bonds. The van der Waals surface area contributed by atoms with Crippen LogP contribution in [0, 0.1) is 0 Å². The Morgan fingerprint density at radius 2 is 1.83 bits per heavy atom. The summed E-state index contributed by atoms with van der Waals surface area (Å²) in [6.07, 6.45) is 1.03. The molecule has 122 valence electrons. The molecule has 0 saturated carbocycles. The van der Waals surface area contributed by atoms with E-state index in [-0.39, 0.29) is 12.5 Å². The molecule has 1 N–H and O–H groups in total. The summed E-state index contributed by atoms with van der Waals surface area (Å²) in [7, 11) is 1.61. The number of amides is 1. The highest BCUT2D eigenvalue weighted by Crippen LogP contribution is 2.28. The van der Waals surface area contributed by atoms with Gasteiger partial charge in [-0.1, -0.05) is 32.0 Å². The molecular weight excluding hydrogens is 290 g/mol. The number of carbonyl (C=O) groups excluding carboxylic acids is 1. The molecule has 0 aromatic heterocycles. The van der Waals surface area contributed by atoms with Gasteiger partial charge in [-0.15, -0.1) is 0 Å². The molecule has 2 rings (SSSR count). The minimum absolute atomic E-state index is 0.0144. The Hall–Kier alpha value is -2.49. The zero-order valence-corrected chi connectivity index (χ0v) is 13.8. The lowest BCUT2D eigenvalue weighted by Gasteiger charge is -2.15. The van der Waals surface area contributed by atoms with Gasteiger partial charge in [0.25, 0.3) is 5.91 Å². The maximum atomic E-state index is 12.0. The number of anilines is 1. The van der Waals surface area contributed by atoms with Crippen LogP contribution in [0.25, 0.3) is 0 Å². The first-order valence-corrected chi connectivity index (χ1v) is 7.79. The van der Waals surface area contributed by atoms with E-state index >= 15 is 0 Å². The molecule has 0 aliphatic rings. The fraction of sp³-hybridized carbons (Fsp3) is 0.316. The van der Waals surface area contributed by atoms with Crippen LogP contribution < -0.4 is 14.8 Å². The lowest BCUT2D eigenvalue weighted by atomic mass is 9.98. The second kappa shape index (κ2) is 8.22. The Labute approximate surface area is 137 Å². The summed E-state index contributed by atoms with van der Waals surface area (Å²) in [4.78, 5) is 12.0. The molecule has 4 nitrogen and oxygen atoms in total. The van der Waals surface area contributed by atoms with Crippen molar-refractivity contribution in [1.82, 2.24) is 0 Å². The molecule has 23 heavy (non-hydrogen) atoms. The van der Waals surface area contributed by atoms with Crippen LogP contribution in [0.2, 0.25) is 0 Å². The Balaban J connectivity index is 1.94. The predicted octanol–water partition coefficient (Wildman–Crippen LogP) is 4.23. The lowest BCUT2D eigenvalue weighted by Crippen LogP contribution is -2.20. The van der Waals surface area contributed by atoms with E-state index in [1.165, 1.54) is 0 Å². The fourth-order valence-corrected chi connectivity index (χ4v) is 2.25. The Bertz CT molecular complexity index is 637. The number of hydrogen-bond donors (Lipinski definition) is 1. The van der Waals surface area contributed by atoms with Crippen LogP contribution in [-0.2, 0) is 4.79 Å². The number of methoxy groups -OCH3 is 1. The topological polar surface area (TPSA) is 47.6 Å². The third-order valence-electron chi connectivity index (χ3n) is 3.79. The zero-order chi connectivity index (χ0) is 16.7. The van der Waals surface area contributed by atoms with E-state index in [4.69, 9.17) is 9.47 Å². The highest BCUT2D eigenvalue weighted by Gasteiger charge is 2.11. The van der Waals surface area contributed by atoms with E-state index in [2.05, 4.69) is 19.2 Å². The van der Waals surface area contributed by atoms with Crippen LogP contribution in [0.5, 0.6) is 11.5 Å². The summed E-state index contributed by atoms with van der Waals surface area (Å²) in [5.41, 5.74) is 1.85. The van der Waals surface area contributed by atoms with E-state index in [0.29, 0.717) is 5.92 Å². The van der Waals surface area contributed by atoms with Gasteiger partial charge in [0.15, 0.2) is 6.61 Å². The largest absolute Gasteiger partial charge is 0.497 e. The molecule has 0 unspecified atom stereocenters. The monoisotopic (exact) mass is 313 g/mol. The molecule has 2 aromatic carbocycles. The van der Waals surface area contributed by atoms with Crippen molar-refractivity contribution in [3.8, 4) is 11.5 Å². The second-order valence-electron chi connectivity index (χ2n) is 5.41. The third kappa shape index (κ3) is 4.74. The van der Waals surface area contributed by atoms with Gasteiger partial charge in [-0.25, -0.2) is 0 Å². The molecule has 0 radical (unpaired) electrons. The molecule has 0 fully saturated rings. The summed E-state index contributed by atoms with van der Waals surface area (Å²) < 4.78 is 10.8. The summed E-state index contributed by atoms with van der Waals surface area (Å²) in [5, 5.41) is 2.81. The zero-order valence-electron chi connectivity index (χ0n) is 13.8. The van der Waals surface area contributed by atoms with Crippen molar-refractivity contribution in [3.05, 3.63) is 54.1 Å². The van der Waals surface area contributed by atoms with Gasteiger partial charge in [0, 0.05) is 5.69 Å². The Morgan fingerprint density at radius 3 is 2.48 bits per heavy atom. The number of para-hydroxylation sites is 1. The van der Waals surface area contributed by atoms with Crippen molar-refractivity contribution in [2.75, 3.05) is 19.0 Å². The van der Waals surface area contributed by atoms with Crippen LogP contribution in [-0.4, -0.2) is 19.6 Å². The average molecular weight is 313 g/mol. The number of carbonyl (C=O) groups is 1. The molecule has 4 heteroatoms. The molecule has 0 heterocycles. The minimum Gasteiger partial charge on any atom is -0.497 e. The van der Waals surface area contributed by atoms with Gasteiger partial charge in [-0.2, -0.15) is 0 Å². The van der Waals surface area contributed by atoms with Crippen molar-refractivity contribution >= 4 is 11.6 Å². The van der Waals surface area contributed by atoms with E-state index in [9.17, 15) is 4.79 Å². The normalized spacial score (nSPS) is 11.6. The van der Waals surface area contributed by atoms with Gasteiger partial charge in [0.05, 0.1) is 7.11 Å². The molecular formula is C19H23NO3. The van der Waals surface area contributed by atoms with Crippen molar-refractivity contribution in [3.63, 3.8) is 0 Å². The molecule has 0 saturated heterocycles. The van der Waals surface area contributed by atoms with Crippen LogP contribution >= 0.6 is 0 Å². The smallest absolute Gasteiger partial charge is 0.262 e. The number of benzene rings is 2. The van der Waals surface area contributed by atoms with E-state index in [0.717, 1.165) is 29.2 Å². The average Bonchev–Trinajstić information content (AvgIpc) is 2.60. The van der Waals surface area contributed by atoms with Crippen LogP contribution in [0.3, 0.4) is 0 Å². The summed E-state index contributed by atoms with van der Waals surface area (Å²) in [6.45, 7) is 4.27. The number of rotatable bonds is 7. The molecule has 1 atom stereocenters. The molecule has 0 spiro atoms. The summed E-state index contributed by atoms with van der Waals surface area (Å²) >= 11 is 0. The molecule has 0 aliphatic heterocycles. The van der Waals surface area contributed by atoms with E-state index < -0.39 is 0 Å². The van der Waals surface area contributed by atoms with Crippen LogP contribution in [0.4, 0.5) is 5.69 Å². The third-order valence-corrected chi connectivity index (χ3v) is 3.79. The first-order valence-electron chi connectivity index (χ1n) is 7.79. The van der Waals surface area contributed by atoms with Crippen molar-refractivity contribution < 1.29 is 14.3 Å². The first kappa shape index (κ1) is 16.9. The first-order chi connectivity index (χ1) is 11.1. The SMILES string of the molecule is CC[C@H](C)c1ccccc1OCC(=O)Nc1ccc(OC)cc1. The van der Waals surface area contributed by atoms with Gasteiger partial charge in [-0.3, -0.25) is 4.79 Å². The molecule has 0 bridgehead atoms. The van der Waals surface area contributed by atoms with Gasteiger partial charge >= 0.3 is 0 Å². The second-order valence-corrected chi connectivity index (χ2v) is 5.41. The molecule has 2 aromatic rings. The number of nitrogens with one attached hydrogen (secondary N) is 1. The highest BCUT2D eigenvalue weighted by molar-refractivity contribution is 5.91. The predicted molar refractivity (Wildman–Crippen MR) is 92.3 cm³/mol. The fourth-order valence-electron chi connectivity index (χ4n) is 2.25. The maximum Gasteiger partial charge on any atom is 0.262 e. The van der Waals surface area contributed by atoms with Gasteiger partial charge < -0.3 is 14.8 Å². The van der Waals surface area contributed by atoms with E-state index in [1.54, 1.807) is 31.4 Å². The molecule has 0 aliphatic carbocycles. The number of hydrogen-bond acceptors (Lipinski definition) is 3. The summed E-state index contributed by atoms with van der Waals surface area (Å²) in [5.74, 6) is 1.73. The van der Waals surface area contributed by atoms with E-state index in [1.807, 2.05) is 24.3 Å². The Kier molecular flexibility index (Phi) is 6.03. The van der Waals surface area contributed by atoms with Crippen LogP contribution in [0.15, 0.2) is 48.5 Å². The van der Waals surface area contributed by atoms with Crippen molar-refractivity contribution in [1.29, 1.82) is 0 Å². The van der Waals surface area contributed by atoms with Gasteiger partial charge in [0.1, 0.15) is 11.5 Å².